The first kappa shape index (κ1) is 11.9. The van der Waals surface area contributed by atoms with Crippen LogP contribution in [0.1, 0.15) is 33.1 Å². The Morgan fingerprint density at radius 2 is 2.35 bits per heavy atom. The second kappa shape index (κ2) is 4.73. The molecule has 6 heteroatoms. The number of rotatable bonds is 3. The molecule has 0 aliphatic carbocycles. The molecule has 1 aromatic heterocycles. The number of nitrogens with zero attached hydrogens (tertiary/aromatic N) is 4. The molecule has 1 fully saturated rings. The average Bonchev–Trinajstić information content (AvgIpc) is 2.84. The van der Waals surface area contributed by atoms with Crippen molar-refractivity contribution in [3.05, 3.63) is 6.33 Å². The largest absolute Gasteiger partial charge is 0.367 e. The van der Waals surface area contributed by atoms with Crippen LogP contribution in [0.5, 0.6) is 0 Å². The second-order valence-corrected chi connectivity index (χ2v) is 4.59. The van der Waals surface area contributed by atoms with Crippen molar-refractivity contribution < 1.29 is 4.79 Å². The number of nitrogen functional groups attached to an aromatic ring is 1. The number of likely N-dealkylation sites (tertiary alicyclic amines) is 1. The number of aromatic nitrogens is 3. The van der Waals surface area contributed by atoms with Gasteiger partial charge in [-0.25, -0.2) is 9.67 Å². The Morgan fingerprint density at radius 1 is 1.59 bits per heavy atom. The van der Waals surface area contributed by atoms with Crippen molar-refractivity contribution in [2.75, 3.05) is 5.73 Å². The van der Waals surface area contributed by atoms with E-state index in [1.54, 1.807) is 0 Å². The first-order valence-corrected chi connectivity index (χ1v) is 6.08. The van der Waals surface area contributed by atoms with Gasteiger partial charge in [-0.3, -0.25) is 4.79 Å². The van der Waals surface area contributed by atoms with Crippen molar-refractivity contribution in [3.63, 3.8) is 0 Å². The van der Waals surface area contributed by atoms with Crippen molar-refractivity contribution in [2.45, 2.75) is 51.7 Å². The maximum Gasteiger partial charge on any atom is 0.244 e. The summed E-state index contributed by atoms with van der Waals surface area (Å²) >= 11 is 0. The molecule has 0 bridgehead atoms. The van der Waals surface area contributed by atoms with E-state index in [0.29, 0.717) is 12.1 Å². The summed E-state index contributed by atoms with van der Waals surface area (Å²) < 4.78 is 1.50. The molecule has 1 amide bonds. The van der Waals surface area contributed by atoms with Crippen LogP contribution in [0.25, 0.3) is 0 Å². The standard InChI is InChI=1S/C11H19N5O/c1-3-9-5-4-8(2)16(9)10(17)6-15-7-13-11(12)14-15/h7-9H,3-6H2,1-2H3,(H2,12,14). The van der Waals surface area contributed by atoms with Gasteiger partial charge >= 0.3 is 0 Å². The first-order valence-electron chi connectivity index (χ1n) is 6.08. The van der Waals surface area contributed by atoms with Gasteiger partial charge in [0.1, 0.15) is 12.9 Å². The fraction of sp³-hybridized carbons (Fsp3) is 0.727. The van der Waals surface area contributed by atoms with Crippen LogP contribution in [0.3, 0.4) is 0 Å². The van der Waals surface area contributed by atoms with Crippen LogP contribution in [0.4, 0.5) is 5.95 Å². The lowest BCUT2D eigenvalue weighted by Crippen LogP contribution is -2.41. The van der Waals surface area contributed by atoms with E-state index >= 15 is 0 Å². The van der Waals surface area contributed by atoms with Crippen molar-refractivity contribution >= 4 is 11.9 Å². The minimum atomic E-state index is 0.103. The van der Waals surface area contributed by atoms with Gasteiger partial charge in [-0.2, -0.15) is 0 Å². The van der Waals surface area contributed by atoms with E-state index in [0.717, 1.165) is 19.3 Å². The second-order valence-electron chi connectivity index (χ2n) is 4.59. The highest BCUT2D eigenvalue weighted by molar-refractivity contribution is 5.77. The van der Waals surface area contributed by atoms with Gasteiger partial charge in [0.15, 0.2) is 0 Å². The molecule has 1 aliphatic heterocycles. The molecule has 2 atom stereocenters. The van der Waals surface area contributed by atoms with Gasteiger partial charge in [0.2, 0.25) is 11.9 Å². The molecule has 0 aromatic carbocycles. The molecule has 2 rings (SSSR count). The molecular formula is C11H19N5O. The lowest BCUT2D eigenvalue weighted by Gasteiger charge is -2.27. The monoisotopic (exact) mass is 237 g/mol. The maximum atomic E-state index is 12.2. The Morgan fingerprint density at radius 3 is 2.94 bits per heavy atom. The number of hydrogen-bond acceptors (Lipinski definition) is 4. The number of amides is 1. The zero-order valence-corrected chi connectivity index (χ0v) is 10.3. The van der Waals surface area contributed by atoms with E-state index < -0.39 is 0 Å². The van der Waals surface area contributed by atoms with E-state index in [-0.39, 0.29) is 18.4 Å². The smallest absolute Gasteiger partial charge is 0.244 e. The Labute approximate surface area is 101 Å². The van der Waals surface area contributed by atoms with E-state index in [4.69, 9.17) is 5.73 Å². The lowest BCUT2D eigenvalue weighted by atomic mass is 10.1. The third-order valence-electron chi connectivity index (χ3n) is 3.40. The summed E-state index contributed by atoms with van der Waals surface area (Å²) in [6.45, 7) is 4.45. The zero-order chi connectivity index (χ0) is 12.4. The minimum absolute atomic E-state index is 0.103. The predicted octanol–water partition coefficient (Wildman–Crippen LogP) is 0.650. The van der Waals surface area contributed by atoms with Crippen LogP contribution in [-0.4, -0.2) is 37.7 Å². The lowest BCUT2D eigenvalue weighted by molar-refractivity contribution is -0.134. The molecule has 94 valence electrons. The fourth-order valence-electron chi connectivity index (χ4n) is 2.53. The molecule has 2 heterocycles. The summed E-state index contributed by atoms with van der Waals surface area (Å²) in [5.41, 5.74) is 5.42. The predicted molar refractivity (Wildman–Crippen MR) is 64.1 cm³/mol. The van der Waals surface area contributed by atoms with Gasteiger partial charge in [-0.1, -0.05) is 6.92 Å². The van der Waals surface area contributed by atoms with Crippen LogP contribution in [0, 0.1) is 0 Å². The SMILES string of the molecule is CCC1CCC(C)N1C(=O)Cn1cnc(N)n1. The van der Waals surface area contributed by atoms with Crippen LogP contribution < -0.4 is 5.73 Å². The number of anilines is 1. The third-order valence-corrected chi connectivity index (χ3v) is 3.40. The summed E-state index contributed by atoms with van der Waals surface area (Å²) in [6, 6.07) is 0.701. The molecule has 0 saturated carbocycles. The van der Waals surface area contributed by atoms with Crippen LogP contribution >= 0.6 is 0 Å². The number of carbonyl (C=O) groups is 1. The quantitative estimate of drug-likeness (QED) is 0.837. The van der Waals surface area contributed by atoms with Gasteiger partial charge in [-0.05, 0) is 26.2 Å². The van der Waals surface area contributed by atoms with Crippen molar-refractivity contribution in [1.82, 2.24) is 19.7 Å². The molecular weight excluding hydrogens is 218 g/mol. The minimum Gasteiger partial charge on any atom is -0.367 e. The summed E-state index contributed by atoms with van der Waals surface area (Å²) in [5.74, 6) is 0.311. The molecule has 0 spiro atoms. The number of hydrogen-bond donors (Lipinski definition) is 1. The molecule has 17 heavy (non-hydrogen) atoms. The Kier molecular flexibility index (Phi) is 3.31. The number of nitrogens with two attached hydrogens (primary N) is 1. The van der Waals surface area contributed by atoms with E-state index in [1.165, 1.54) is 11.0 Å². The van der Waals surface area contributed by atoms with Crippen LogP contribution in [-0.2, 0) is 11.3 Å². The Bertz CT molecular complexity index is 402. The summed E-state index contributed by atoms with van der Waals surface area (Å²) in [4.78, 5) is 18.0. The topological polar surface area (TPSA) is 77.0 Å². The summed E-state index contributed by atoms with van der Waals surface area (Å²) in [7, 11) is 0. The van der Waals surface area contributed by atoms with Gasteiger partial charge < -0.3 is 10.6 Å². The molecule has 6 nitrogen and oxygen atoms in total. The van der Waals surface area contributed by atoms with Gasteiger partial charge in [0.25, 0.3) is 0 Å². The Balaban J connectivity index is 2.04. The van der Waals surface area contributed by atoms with Crippen molar-refractivity contribution in [2.24, 2.45) is 0 Å². The highest BCUT2D eigenvalue weighted by atomic mass is 16.2. The zero-order valence-electron chi connectivity index (χ0n) is 10.3. The van der Waals surface area contributed by atoms with Crippen LogP contribution in [0.15, 0.2) is 6.33 Å². The first-order chi connectivity index (χ1) is 8.11. The van der Waals surface area contributed by atoms with E-state index in [1.807, 2.05) is 4.90 Å². The molecule has 1 aromatic rings. The van der Waals surface area contributed by atoms with E-state index in [2.05, 4.69) is 23.9 Å². The van der Waals surface area contributed by atoms with Crippen molar-refractivity contribution in [3.8, 4) is 0 Å². The van der Waals surface area contributed by atoms with Gasteiger partial charge in [0, 0.05) is 12.1 Å². The summed E-state index contributed by atoms with van der Waals surface area (Å²) in [5, 5.41) is 3.93. The molecule has 2 unspecified atom stereocenters. The third kappa shape index (κ3) is 2.40. The molecule has 1 aliphatic rings. The average molecular weight is 237 g/mol. The van der Waals surface area contributed by atoms with Gasteiger partial charge in [-0.15, -0.1) is 5.10 Å². The Hall–Kier alpha value is -1.59. The fourth-order valence-corrected chi connectivity index (χ4v) is 2.53. The van der Waals surface area contributed by atoms with Crippen molar-refractivity contribution in [1.29, 1.82) is 0 Å². The molecule has 1 saturated heterocycles. The number of carbonyl (C=O) groups excluding carboxylic acids is 1. The molecule has 2 N–H and O–H groups in total. The highest BCUT2D eigenvalue weighted by Crippen LogP contribution is 2.26. The van der Waals surface area contributed by atoms with Crippen LogP contribution in [0.2, 0.25) is 0 Å². The maximum absolute atomic E-state index is 12.2. The summed E-state index contributed by atoms with van der Waals surface area (Å²) in [6.07, 6.45) is 4.69. The van der Waals surface area contributed by atoms with Gasteiger partial charge in [0.05, 0.1) is 0 Å². The van der Waals surface area contributed by atoms with E-state index in [9.17, 15) is 4.79 Å². The highest BCUT2D eigenvalue weighted by Gasteiger charge is 2.32. The normalized spacial score (nSPS) is 24.2. The molecule has 0 radical (unpaired) electrons.